The Morgan fingerprint density at radius 2 is 2.21 bits per heavy atom. The van der Waals surface area contributed by atoms with E-state index in [4.69, 9.17) is 5.11 Å². The number of nitrogens with zero attached hydrogens (tertiary/aromatic N) is 2. The van der Waals surface area contributed by atoms with Crippen molar-refractivity contribution in [2.45, 2.75) is 31.7 Å². The highest BCUT2D eigenvalue weighted by Crippen LogP contribution is 2.33. The highest BCUT2D eigenvalue weighted by Gasteiger charge is 2.31. The highest BCUT2D eigenvalue weighted by atomic mass is 16.4. The lowest BCUT2D eigenvalue weighted by molar-refractivity contribution is -0.144. The first-order chi connectivity index (χ1) is 6.79. The quantitative estimate of drug-likeness (QED) is 0.779. The lowest BCUT2D eigenvalue weighted by Gasteiger charge is -2.29. The largest absolute Gasteiger partial charge is 0.481 e. The summed E-state index contributed by atoms with van der Waals surface area (Å²) in [7, 11) is 0. The predicted molar refractivity (Wildman–Crippen MR) is 50.9 cm³/mol. The number of carbonyl (C=O) groups is 1. The third-order valence-corrected chi connectivity index (χ3v) is 2.95. The number of hydrogen-bond acceptors (Lipinski definition) is 2. The third kappa shape index (κ3) is 1.64. The van der Waals surface area contributed by atoms with Gasteiger partial charge in [0.05, 0.1) is 12.2 Å². The number of hydrogen-bond donors (Lipinski definition) is 1. The Bertz CT molecular complexity index is 308. The minimum atomic E-state index is -0.677. The first kappa shape index (κ1) is 9.24. The van der Waals surface area contributed by atoms with Crippen molar-refractivity contribution in [2.24, 2.45) is 5.92 Å². The summed E-state index contributed by atoms with van der Waals surface area (Å²) in [4.78, 5) is 15.0. The number of imidazole rings is 1. The molecule has 76 valence electrons. The standard InChI is InChI=1S/C10H14N2O2/c13-10(14)8-3-1-2-4-9(8)12-6-5-11-7-12/h5-9H,1-4H2,(H,13,14)/t8-,9+/m1/s1. The molecule has 0 aliphatic heterocycles. The maximum atomic E-state index is 11.0. The molecular formula is C10H14N2O2. The molecule has 2 atom stereocenters. The average Bonchev–Trinajstić information content (AvgIpc) is 2.70. The van der Waals surface area contributed by atoms with Crippen LogP contribution >= 0.6 is 0 Å². The van der Waals surface area contributed by atoms with Crippen LogP contribution in [0.4, 0.5) is 0 Å². The lowest BCUT2D eigenvalue weighted by atomic mass is 9.84. The van der Waals surface area contributed by atoms with E-state index in [-0.39, 0.29) is 12.0 Å². The summed E-state index contributed by atoms with van der Waals surface area (Å²) < 4.78 is 1.93. The average molecular weight is 194 g/mol. The minimum Gasteiger partial charge on any atom is -0.481 e. The SMILES string of the molecule is O=C(O)[C@@H]1CCCC[C@@H]1n1ccnc1. The minimum absolute atomic E-state index is 0.101. The van der Waals surface area contributed by atoms with Crippen LogP contribution in [0.5, 0.6) is 0 Å². The second-order valence-corrected chi connectivity index (χ2v) is 3.81. The molecule has 4 heteroatoms. The molecule has 4 nitrogen and oxygen atoms in total. The van der Waals surface area contributed by atoms with Gasteiger partial charge in [0, 0.05) is 18.4 Å². The number of aromatic nitrogens is 2. The van der Waals surface area contributed by atoms with Crippen molar-refractivity contribution in [3.8, 4) is 0 Å². The van der Waals surface area contributed by atoms with Crippen LogP contribution in [0.25, 0.3) is 0 Å². The van der Waals surface area contributed by atoms with E-state index in [9.17, 15) is 4.79 Å². The van der Waals surface area contributed by atoms with Gasteiger partial charge in [-0.3, -0.25) is 4.79 Å². The van der Waals surface area contributed by atoms with Crippen molar-refractivity contribution in [3.63, 3.8) is 0 Å². The number of carboxylic acid groups (broad SMARTS) is 1. The summed E-state index contributed by atoms with van der Waals surface area (Å²) in [6, 6.07) is 0.101. The molecule has 0 amide bonds. The summed E-state index contributed by atoms with van der Waals surface area (Å²) in [6.07, 6.45) is 9.16. The Hall–Kier alpha value is -1.32. The van der Waals surface area contributed by atoms with Gasteiger partial charge in [0.1, 0.15) is 0 Å². The van der Waals surface area contributed by atoms with Crippen LogP contribution in [0.3, 0.4) is 0 Å². The maximum Gasteiger partial charge on any atom is 0.308 e. The Kier molecular flexibility index (Phi) is 2.52. The molecule has 1 heterocycles. The van der Waals surface area contributed by atoms with Gasteiger partial charge in [0.2, 0.25) is 0 Å². The van der Waals surface area contributed by atoms with Gasteiger partial charge < -0.3 is 9.67 Å². The van der Waals surface area contributed by atoms with Crippen LogP contribution in [-0.4, -0.2) is 20.6 Å². The lowest BCUT2D eigenvalue weighted by Crippen LogP contribution is -2.28. The second-order valence-electron chi connectivity index (χ2n) is 3.81. The van der Waals surface area contributed by atoms with E-state index in [1.165, 1.54) is 0 Å². The van der Waals surface area contributed by atoms with E-state index in [1.807, 2.05) is 10.8 Å². The molecule has 1 fully saturated rings. The first-order valence-corrected chi connectivity index (χ1v) is 4.99. The van der Waals surface area contributed by atoms with Gasteiger partial charge in [-0.25, -0.2) is 4.98 Å². The predicted octanol–water partition coefficient (Wildman–Crippen LogP) is 1.70. The van der Waals surface area contributed by atoms with Crippen molar-refractivity contribution in [1.82, 2.24) is 9.55 Å². The van der Waals surface area contributed by atoms with Crippen LogP contribution in [0.2, 0.25) is 0 Å². The fourth-order valence-corrected chi connectivity index (χ4v) is 2.22. The Balaban J connectivity index is 2.18. The monoisotopic (exact) mass is 194 g/mol. The smallest absolute Gasteiger partial charge is 0.308 e. The normalized spacial score (nSPS) is 27.4. The fourth-order valence-electron chi connectivity index (χ4n) is 2.22. The summed E-state index contributed by atoms with van der Waals surface area (Å²) in [5.74, 6) is -0.915. The molecule has 2 rings (SSSR count). The van der Waals surface area contributed by atoms with E-state index in [2.05, 4.69) is 4.98 Å². The van der Waals surface area contributed by atoms with E-state index < -0.39 is 5.97 Å². The Morgan fingerprint density at radius 1 is 1.43 bits per heavy atom. The molecule has 1 aromatic heterocycles. The van der Waals surface area contributed by atoms with E-state index in [0.29, 0.717) is 0 Å². The molecular weight excluding hydrogens is 180 g/mol. The fraction of sp³-hybridized carbons (Fsp3) is 0.600. The van der Waals surface area contributed by atoms with Gasteiger partial charge >= 0.3 is 5.97 Å². The number of aliphatic carboxylic acids is 1. The topological polar surface area (TPSA) is 55.1 Å². The molecule has 0 unspecified atom stereocenters. The van der Waals surface area contributed by atoms with Gasteiger partial charge in [-0.2, -0.15) is 0 Å². The van der Waals surface area contributed by atoms with Crippen LogP contribution in [0, 0.1) is 5.92 Å². The highest BCUT2D eigenvalue weighted by molar-refractivity contribution is 5.70. The molecule has 1 saturated carbocycles. The Morgan fingerprint density at radius 3 is 2.86 bits per heavy atom. The summed E-state index contributed by atoms with van der Waals surface area (Å²) >= 11 is 0. The summed E-state index contributed by atoms with van der Waals surface area (Å²) in [5, 5.41) is 9.07. The van der Waals surface area contributed by atoms with Gasteiger partial charge in [-0.15, -0.1) is 0 Å². The van der Waals surface area contributed by atoms with E-state index >= 15 is 0 Å². The molecule has 0 radical (unpaired) electrons. The molecule has 1 aliphatic carbocycles. The second kappa shape index (κ2) is 3.82. The van der Waals surface area contributed by atoms with Gasteiger partial charge in [-0.05, 0) is 12.8 Å². The van der Waals surface area contributed by atoms with Crippen molar-refractivity contribution in [2.75, 3.05) is 0 Å². The van der Waals surface area contributed by atoms with Crippen molar-refractivity contribution in [1.29, 1.82) is 0 Å². The first-order valence-electron chi connectivity index (χ1n) is 4.99. The van der Waals surface area contributed by atoms with E-state index in [1.54, 1.807) is 12.5 Å². The van der Waals surface area contributed by atoms with E-state index in [0.717, 1.165) is 25.7 Å². The number of carboxylic acids is 1. The molecule has 1 N–H and O–H groups in total. The zero-order valence-corrected chi connectivity index (χ0v) is 7.97. The molecule has 0 spiro atoms. The third-order valence-electron chi connectivity index (χ3n) is 2.95. The van der Waals surface area contributed by atoms with Crippen LogP contribution < -0.4 is 0 Å². The molecule has 0 aromatic carbocycles. The molecule has 1 aliphatic rings. The number of rotatable bonds is 2. The maximum absolute atomic E-state index is 11.0. The molecule has 14 heavy (non-hydrogen) atoms. The van der Waals surface area contributed by atoms with Gasteiger partial charge in [0.25, 0.3) is 0 Å². The summed E-state index contributed by atoms with van der Waals surface area (Å²) in [5.41, 5.74) is 0. The Labute approximate surface area is 82.6 Å². The zero-order valence-electron chi connectivity index (χ0n) is 7.97. The van der Waals surface area contributed by atoms with Gasteiger partial charge in [0.15, 0.2) is 0 Å². The summed E-state index contributed by atoms with van der Waals surface area (Å²) in [6.45, 7) is 0. The molecule has 1 aromatic rings. The van der Waals surface area contributed by atoms with Crippen molar-refractivity contribution < 1.29 is 9.90 Å². The van der Waals surface area contributed by atoms with Crippen LogP contribution in [-0.2, 0) is 4.79 Å². The van der Waals surface area contributed by atoms with Crippen LogP contribution in [0.1, 0.15) is 31.7 Å². The van der Waals surface area contributed by atoms with Gasteiger partial charge in [-0.1, -0.05) is 12.8 Å². The van der Waals surface area contributed by atoms with Crippen molar-refractivity contribution >= 4 is 5.97 Å². The molecule has 0 saturated heterocycles. The van der Waals surface area contributed by atoms with Crippen LogP contribution in [0.15, 0.2) is 18.7 Å². The molecule has 0 bridgehead atoms. The zero-order chi connectivity index (χ0) is 9.97. The van der Waals surface area contributed by atoms with Crippen molar-refractivity contribution in [3.05, 3.63) is 18.7 Å².